The fourth-order valence-electron chi connectivity index (χ4n) is 4.00. The van der Waals surface area contributed by atoms with E-state index >= 15 is 0 Å². The van der Waals surface area contributed by atoms with Gasteiger partial charge in [0.05, 0.1) is 10.6 Å². The highest BCUT2D eigenvalue weighted by Crippen LogP contribution is 2.28. The van der Waals surface area contributed by atoms with Crippen LogP contribution in [0, 0.1) is 6.92 Å². The lowest BCUT2D eigenvalue weighted by Gasteiger charge is -2.27. The number of nitrogens with zero attached hydrogens (tertiary/aromatic N) is 3. The van der Waals surface area contributed by atoms with E-state index in [1.807, 2.05) is 25.1 Å². The highest BCUT2D eigenvalue weighted by molar-refractivity contribution is 7.92. The molecule has 3 aromatic rings. The Morgan fingerprint density at radius 2 is 1.64 bits per heavy atom. The molecule has 0 spiro atoms. The van der Waals surface area contributed by atoms with E-state index in [2.05, 4.69) is 27.6 Å². The molecule has 7 nitrogen and oxygen atoms in total. The summed E-state index contributed by atoms with van der Waals surface area (Å²) in [6.45, 7) is 3.98. The van der Waals surface area contributed by atoms with Gasteiger partial charge in [-0.15, -0.1) is 0 Å². The molecule has 1 aliphatic heterocycles. The first-order chi connectivity index (χ1) is 17.3. The van der Waals surface area contributed by atoms with Gasteiger partial charge in [-0.3, -0.25) is 14.0 Å². The van der Waals surface area contributed by atoms with Gasteiger partial charge < -0.3 is 0 Å². The van der Waals surface area contributed by atoms with Crippen LogP contribution in [0.4, 0.5) is 5.69 Å². The number of carbonyl (C=O) groups excluding carboxylic acids is 1. The lowest BCUT2D eigenvalue weighted by Crippen LogP contribution is -2.40. The van der Waals surface area contributed by atoms with Gasteiger partial charge in [0.25, 0.3) is 15.9 Å². The van der Waals surface area contributed by atoms with Crippen molar-refractivity contribution in [2.24, 2.45) is 5.10 Å². The molecule has 1 saturated heterocycles. The molecular weight excluding hydrogens is 496 g/mol. The van der Waals surface area contributed by atoms with Gasteiger partial charge in [0, 0.05) is 43.2 Å². The quantitative estimate of drug-likeness (QED) is 0.436. The molecule has 4 rings (SSSR count). The van der Waals surface area contributed by atoms with Crippen LogP contribution in [0.25, 0.3) is 0 Å². The molecular formula is C27H29ClN4O3S. The second kappa shape index (κ2) is 11.7. The summed E-state index contributed by atoms with van der Waals surface area (Å²) in [4.78, 5) is 15.3. The summed E-state index contributed by atoms with van der Waals surface area (Å²) in [5.74, 6) is -0.523. The van der Waals surface area contributed by atoms with Crippen LogP contribution in [0.2, 0.25) is 5.02 Å². The van der Waals surface area contributed by atoms with E-state index < -0.39 is 22.5 Å². The van der Waals surface area contributed by atoms with Crippen LogP contribution in [0.1, 0.15) is 24.0 Å². The molecule has 1 N–H and O–H groups in total. The van der Waals surface area contributed by atoms with Crippen LogP contribution in [-0.2, 0) is 21.4 Å². The van der Waals surface area contributed by atoms with Crippen molar-refractivity contribution in [1.82, 2.24) is 10.3 Å². The van der Waals surface area contributed by atoms with Crippen molar-refractivity contribution in [1.29, 1.82) is 0 Å². The number of hydrogen-bond donors (Lipinski definition) is 1. The number of benzene rings is 3. The molecule has 9 heteroatoms. The van der Waals surface area contributed by atoms with Crippen LogP contribution in [-0.4, -0.2) is 44.6 Å². The predicted molar refractivity (Wildman–Crippen MR) is 144 cm³/mol. The number of sulfonamides is 1. The van der Waals surface area contributed by atoms with Crippen molar-refractivity contribution in [2.45, 2.75) is 31.2 Å². The summed E-state index contributed by atoms with van der Waals surface area (Å²) in [7, 11) is -4.00. The summed E-state index contributed by atoms with van der Waals surface area (Å²) in [5.41, 5.74) is 5.84. The number of aryl methyl sites for hydroxylation is 1. The Kier molecular flexibility index (Phi) is 8.40. The number of nitrogens with one attached hydrogen (secondary N) is 1. The molecule has 1 aliphatic rings. The summed E-state index contributed by atoms with van der Waals surface area (Å²) < 4.78 is 27.9. The van der Waals surface area contributed by atoms with E-state index in [4.69, 9.17) is 11.6 Å². The number of halogens is 1. The van der Waals surface area contributed by atoms with E-state index in [-0.39, 0.29) is 4.90 Å². The molecule has 0 atom stereocenters. The first-order valence-corrected chi connectivity index (χ1v) is 13.6. The maximum atomic E-state index is 13.4. The zero-order valence-electron chi connectivity index (χ0n) is 20.1. The minimum absolute atomic E-state index is 0.0894. The number of hydrazone groups is 1. The largest absolute Gasteiger partial charge is 0.298 e. The van der Waals surface area contributed by atoms with E-state index in [1.165, 1.54) is 17.7 Å². The van der Waals surface area contributed by atoms with Crippen LogP contribution in [0.15, 0.2) is 88.9 Å². The maximum absolute atomic E-state index is 13.4. The minimum atomic E-state index is -4.00. The van der Waals surface area contributed by atoms with Crippen LogP contribution < -0.4 is 9.73 Å². The Balaban J connectivity index is 1.43. The molecule has 0 unspecified atom stereocenters. The number of carbonyl (C=O) groups is 1. The molecule has 36 heavy (non-hydrogen) atoms. The lowest BCUT2D eigenvalue weighted by atomic mass is 10.1. The monoisotopic (exact) mass is 524 g/mol. The van der Waals surface area contributed by atoms with Gasteiger partial charge >= 0.3 is 0 Å². The average Bonchev–Trinajstić information content (AvgIpc) is 2.89. The first kappa shape index (κ1) is 25.9. The number of rotatable bonds is 8. The predicted octanol–water partition coefficient (Wildman–Crippen LogP) is 4.61. The molecule has 0 aliphatic carbocycles. The molecule has 1 amide bonds. The summed E-state index contributed by atoms with van der Waals surface area (Å²) >= 11 is 6.27. The molecule has 188 valence electrons. The summed E-state index contributed by atoms with van der Waals surface area (Å²) in [6.07, 6.45) is 1.49. The van der Waals surface area contributed by atoms with Gasteiger partial charge in [-0.25, -0.2) is 13.8 Å². The molecule has 0 aromatic heterocycles. The van der Waals surface area contributed by atoms with Crippen molar-refractivity contribution in [3.05, 3.63) is 95.0 Å². The van der Waals surface area contributed by atoms with Gasteiger partial charge in [-0.2, -0.15) is 5.10 Å². The first-order valence-electron chi connectivity index (χ1n) is 11.8. The van der Waals surface area contributed by atoms with E-state index in [9.17, 15) is 13.2 Å². The Hall–Kier alpha value is -3.20. The van der Waals surface area contributed by atoms with Gasteiger partial charge in [-0.1, -0.05) is 66.2 Å². The van der Waals surface area contributed by atoms with Gasteiger partial charge in [0.1, 0.15) is 6.54 Å². The SMILES string of the molecule is Cc1ccc(N(CC(=O)NN=C2CCN(Cc3ccccc3)CC2)S(=O)(=O)c2ccccc2)cc1Cl. The van der Waals surface area contributed by atoms with Crippen molar-refractivity contribution in [2.75, 3.05) is 23.9 Å². The van der Waals surface area contributed by atoms with Crippen LogP contribution >= 0.6 is 11.6 Å². The summed E-state index contributed by atoms with van der Waals surface area (Å²) in [6, 6.07) is 23.2. The Labute approximate surface area is 217 Å². The normalized spacial score (nSPS) is 14.3. The van der Waals surface area contributed by atoms with Crippen molar-refractivity contribution in [3.8, 4) is 0 Å². The highest BCUT2D eigenvalue weighted by Gasteiger charge is 2.27. The third-order valence-corrected chi connectivity index (χ3v) is 8.28. The Morgan fingerprint density at radius 3 is 2.28 bits per heavy atom. The number of amides is 1. The topological polar surface area (TPSA) is 82.1 Å². The van der Waals surface area contributed by atoms with Crippen molar-refractivity contribution >= 4 is 38.9 Å². The minimum Gasteiger partial charge on any atom is -0.298 e. The van der Waals surface area contributed by atoms with E-state index in [0.29, 0.717) is 10.7 Å². The summed E-state index contributed by atoms with van der Waals surface area (Å²) in [5, 5.41) is 4.72. The second-order valence-electron chi connectivity index (χ2n) is 8.73. The third-order valence-electron chi connectivity index (χ3n) is 6.08. The van der Waals surface area contributed by atoms with Crippen molar-refractivity contribution in [3.63, 3.8) is 0 Å². The molecule has 0 radical (unpaired) electrons. The lowest BCUT2D eigenvalue weighted by molar-refractivity contribution is -0.119. The van der Waals surface area contributed by atoms with E-state index in [0.717, 1.165) is 48.1 Å². The Bertz CT molecular complexity index is 1320. The number of hydrogen-bond acceptors (Lipinski definition) is 5. The third kappa shape index (κ3) is 6.51. The molecule has 1 fully saturated rings. The standard InChI is InChI=1S/C27H29ClN4O3S/c1-21-12-13-24(18-26(21)28)32(36(34,35)25-10-6-3-7-11-25)20-27(33)30-29-23-14-16-31(17-15-23)19-22-8-4-2-5-9-22/h2-13,18H,14-17,19-20H2,1H3,(H,30,33). The second-order valence-corrected chi connectivity index (χ2v) is 11.0. The molecule has 1 heterocycles. The van der Waals surface area contributed by atoms with Gasteiger partial charge in [-0.05, 0) is 42.3 Å². The fourth-order valence-corrected chi connectivity index (χ4v) is 5.61. The average molecular weight is 525 g/mol. The molecule has 0 bridgehead atoms. The molecule has 3 aromatic carbocycles. The van der Waals surface area contributed by atoms with Crippen LogP contribution in [0.3, 0.4) is 0 Å². The maximum Gasteiger partial charge on any atom is 0.264 e. The van der Waals surface area contributed by atoms with Gasteiger partial charge in [0.15, 0.2) is 0 Å². The van der Waals surface area contributed by atoms with Gasteiger partial charge in [0.2, 0.25) is 0 Å². The molecule has 0 saturated carbocycles. The van der Waals surface area contributed by atoms with Crippen LogP contribution in [0.5, 0.6) is 0 Å². The fraction of sp³-hybridized carbons (Fsp3) is 0.259. The highest BCUT2D eigenvalue weighted by atomic mass is 35.5. The number of anilines is 1. The Morgan fingerprint density at radius 1 is 1.00 bits per heavy atom. The number of likely N-dealkylation sites (tertiary alicyclic amines) is 1. The van der Waals surface area contributed by atoms with Crippen molar-refractivity contribution < 1.29 is 13.2 Å². The number of piperidine rings is 1. The van der Waals surface area contributed by atoms with E-state index in [1.54, 1.807) is 36.4 Å². The smallest absolute Gasteiger partial charge is 0.264 e. The zero-order chi connectivity index (χ0) is 25.5. The zero-order valence-corrected chi connectivity index (χ0v) is 21.7.